The number of carbonyl (C=O) groups excluding carboxylic acids is 1. The Hall–Kier alpha value is -2.17. The summed E-state index contributed by atoms with van der Waals surface area (Å²) in [5.41, 5.74) is 2.00. The third-order valence-corrected chi connectivity index (χ3v) is 7.42. The number of anilines is 1. The molecule has 7 nitrogen and oxygen atoms in total. The van der Waals surface area contributed by atoms with Crippen LogP contribution in [-0.4, -0.2) is 80.4 Å². The molecule has 2 atom stereocenters. The van der Waals surface area contributed by atoms with Gasteiger partial charge >= 0.3 is 0 Å². The zero-order chi connectivity index (χ0) is 26.5. The van der Waals surface area contributed by atoms with Crippen molar-refractivity contribution in [2.75, 3.05) is 44.7 Å². The van der Waals surface area contributed by atoms with Gasteiger partial charge in [0.25, 0.3) is 12.3 Å². The van der Waals surface area contributed by atoms with Gasteiger partial charge in [0.05, 0.1) is 28.4 Å². The van der Waals surface area contributed by atoms with Crippen molar-refractivity contribution in [2.24, 2.45) is 0 Å². The van der Waals surface area contributed by atoms with Crippen molar-refractivity contribution < 1.29 is 23.4 Å². The van der Waals surface area contributed by atoms with Gasteiger partial charge in [0.1, 0.15) is 12.4 Å². The first-order valence-corrected chi connectivity index (χ1v) is 13.1. The van der Waals surface area contributed by atoms with Crippen LogP contribution in [-0.2, 0) is 6.54 Å². The molecule has 2 aliphatic rings. The Bertz CT molecular complexity index is 1070. The molecule has 0 aromatic heterocycles. The van der Waals surface area contributed by atoms with Crippen molar-refractivity contribution in [3.05, 3.63) is 57.6 Å². The highest BCUT2D eigenvalue weighted by atomic mass is 35.5. The molecule has 2 aromatic rings. The van der Waals surface area contributed by atoms with E-state index < -0.39 is 19.1 Å². The molecule has 2 fully saturated rings. The molecule has 0 bridgehead atoms. The van der Waals surface area contributed by atoms with Gasteiger partial charge in [-0.2, -0.15) is 0 Å². The van der Waals surface area contributed by atoms with E-state index in [1.165, 1.54) is 24.7 Å². The minimum Gasteiger partial charge on any atom is -0.486 e. The largest absolute Gasteiger partial charge is 0.486 e. The molecule has 202 valence electrons. The molecule has 0 radical (unpaired) electrons. The minimum absolute atomic E-state index is 0.0720. The molecule has 0 saturated carbocycles. The number of halogens is 4. The maximum Gasteiger partial charge on any atom is 0.272 e. The number of piperidine rings is 1. The minimum atomic E-state index is -2.65. The Morgan fingerprint density at radius 1 is 1.16 bits per heavy atom. The molecule has 2 unspecified atom stereocenters. The Balaban J connectivity index is 1.38. The van der Waals surface area contributed by atoms with E-state index in [-0.39, 0.29) is 35.3 Å². The molecule has 2 aromatic carbocycles. The van der Waals surface area contributed by atoms with Crippen LogP contribution >= 0.6 is 23.2 Å². The van der Waals surface area contributed by atoms with E-state index >= 15 is 0 Å². The predicted octanol–water partition coefficient (Wildman–Crippen LogP) is 3.80. The number of benzene rings is 2. The Morgan fingerprint density at radius 2 is 1.86 bits per heavy atom. The van der Waals surface area contributed by atoms with Gasteiger partial charge in [-0.05, 0) is 49.7 Å². The smallest absolute Gasteiger partial charge is 0.272 e. The topological polar surface area (TPSA) is 77.1 Å². The van der Waals surface area contributed by atoms with Crippen LogP contribution in [0.1, 0.15) is 28.8 Å². The van der Waals surface area contributed by atoms with Gasteiger partial charge in [-0.3, -0.25) is 9.69 Å². The second-order valence-electron chi connectivity index (χ2n) is 9.50. The Kier molecular flexibility index (Phi) is 9.47. The summed E-state index contributed by atoms with van der Waals surface area (Å²) in [6.45, 7) is 2.69. The fourth-order valence-corrected chi connectivity index (χ4v) is 5.28. The van der Waals surface area contributed by atoms with Gasteiger partial charge in [-0.25, -0.2) is 8.78 Å². The van der Waals surface area contributed by atoms with E-state index in [1.807, 2.05) is 29.2 Å². The van der Waals surface area contributed by atoms with E-state index in [2.05, 4.69) is 15.5 Å². The third-order valence-electron chi connectivity index (χ3n) is 6.87. The second-order valence-corrected chi connectivity index (χ2v) is 10.3. The van der Waals surface area contributed by atoms with Crippen LogP contribution in [0.5, 0.6) is 5.75 Å². The lowest BCUT2D eigenvalue weighted by Gasteiger charge is -2.34. The quantitative estimate of drug-likeness (QED) is 0.436. The molecule has 3 N–H and O–H groups in total. The number of likely N-dealkylation sites (tertiary alicyclic amines) is 1. The average molecular weight is 557 g/mol. The van der Waals surface area contributed by atoms with E-state index in [0.717, 1.165) is 37.5 Å². The summed E-state index contributed by atoms with van der Waals surface area (Å²) in [6, 6.07) is 10.9. The number of aliphatic hydroxyl groups excluding tert-OH is 1. The first-order valence-electron chi connectivity index (χ1n) is 12.4. The molecule has 0 spiro atoms. The summed E-state index contributed by atoms with van der Waals surface area (Å²) in [7, 11) is 1.50. The third kappa shape index (κ3) is 7.23. The lowest BCUT2D eigenvalue weighted by atomic mass is 10.0. The summed E-state index contributed by atoms with van der Waals surface area (Å²) in [6.07, 6.45) is -1.41. The number of nitrogens with zero attached hydrogens (tertiary/aromatic N) is 2. The van der Waals surface area contributed by atoms with Gasteiger partial charge in [-0.1, -0.05) is 35.3 Å². The molecule has 2 heterocycles. The highest BCUT2D eigenvalue weighted by Gasteiger charge is 2.35. The molecule has 2 saturated heterocycles. The van der Waals surface area contributed by atoms with Crippen molar-refractivity contribution in [1.82, 2.24) is 15.5 Å². The van der Waals surface area contributed by atoms with Crippen molar-refractivity contribution in [3.63, 3.8) is 0 Å². The number of hydrogen-bond donors (Lipinski definition) is 3. The number of amides is 1. The maximum atomic E-state index is 12.7. The summed E-state index contributed by atoms with van der Waals surface area (Å²) in [4.78, 5) is 16.8. The van der Waals surface area contributed by atoms with Gasteiger partial charge < -0.3 is 25.4 Å². The van der Waals surface area contributed by atoms with E-state index in [4.69, 9.17) is 27.9 Å². The molecular formula is C26H32Cl2F2N4O3. The molecule has 0 aliphatic carbocycles. The average Bonchev–Trinajstić information content (AvgIpc) is 3.24. The summed E-state index contributed by atoms with van der Waals surface area (Å²) in [5.74, 6) is -0.292. The number of carbonyl (C=O) groups is 1. The zero-order valence-corrected chi connectivity index (χ0v) is 22.1. The Labute approximate surface area is 225 Å². The number of hydrogen-bond acceptors (Lipinski definition) is 6. The fraction of sp³-hybridized carbons (Fsp3) is 0.500. The number of nitrogens with one attached hydrogen (secondary N) is 2. The van der Waals surface area contributed by atoms with E-state index in [9.17, 15) is 18.7 Å². The van der Waals surface area contributed by atoms with Gasteiger partial charge in [-0.15, -0.1) is 0 Å². The number of alkyl halides is 2. The number of aliphatic hydroxyl groups is 1. The highest BCUT2D eigenvalue weighted by Crippen LogP contribution is 2.35. The van der Waals surface area contributed by atoms with Crippen LogP contribution in [0, 0.1) is 0 Å². The van der Waals surface area contributed by atoms with Crippen LogP contribution in [0.2, 0.25) is 10.0 Å². The van der Waals surface area contributed by atoms with Crippen molar-refractivity contribution >= 4 is 34.8 Å². The standard InChI is InChI=1S/C26H32Cl2F2N4O3/c1-31-26(36)19-10-20(28)24(37-15-25(29)30)11-22(19)34-13-21(23(35)14-34)32-18-6-8-33(9-7-18)12-16-2-4-17(27)5-3-16/h2-5,10-11,18,21,23,25,32,35H,6-9,12-15H2,1H3,(H,31,36). The van der Waals surface area contributed by atoms with Crippen molar-refractivity contribution in [2.45, 2.75) is 44.0 Å². The lowest BCUT2D eigenvalue weighted by Crippen LogP contribution is -2.49. The van der Waals surface area contributed by atoms with E-state index in [0.29, 0.717) is 17.8 Å². The molecule has 37 heavy (non-hydrogen) atoms. The molecule has 11 heteroatoms. The maximum absolute atomic E-state index is 12.7. The lowest BCUT2D eigenvalue weighted by molar-refractivity contribution is 0.0819. The molecule has 4 rings (SSSR count). The Morgan fingerprint density at radius 3 is 2.51 bits per heavy atom. The van der Waals surface area contributed by atoms with Crippen LogP contribution in [0.25, 0.3) is 0 Å². The van der Waals surface area contributed by atoms with Crippen LogP contribution < -0.4 is 20.3 Å². The van der Waals surface area contributed by atoms with Gasteiger partial charge in [0.2, 0.25) is 0 Å². The molecular weight excluding hydrogens is 525 g/mol. The van der Waals surface area contributed by atoms with Crippen molar-refractivity contribution in [3.8, 4) is 5.75 Å². The monoisotopic (exact) mass is 556 g/mol. The van der Waals surface area contributed by atoms with Crippen LogP contribution in [0.15, 0.2) is 36.4 Å². The number of ether oxygens (including phenoxy) is 1. The van der Waals surface area contributed by atoms with Crippen LogP contribution in [0.3, 0.4) is 0 Å². The first kappa shape index (κ1) is 27.9. The number of β-amino-alcohol motifs (C(OH)–C–C–N with tert-alkyl or cyclic N) is 1. The summed E-state index contributed by atoms with van der Waals surface area (Å²) in [5, 5.41) is 17.8. The number of rotatable bonds is 9. The van der Waals surface area contributed by atoms with Crippen molar-refractivity contribution in [1.29, 1.82) is 0 Å². The normalized spacial score (nSPS) is 21.0. The summed E-state index contributed by atoms with van der Waals surface area (Å²) < 4.78 is 30.6. The van der Waals surface area contributed by atoms with E-state index in [1.54, 1.807) is 0 Å². The highest BCUT2D eigenvalue weighted by molar-refractivity contribution is 6.32. The fourth-order valence-electron chi connectivity index (χ4n) is 4.94. The summed E-state index contributed by atoms with van der Waals surface area (Å²) >= 11 is 12.2. The van der Waals surface area contributed by atoms with Gasteiger partial charge in [0, 0.05) is 43.8 Å². The first-order chi connectivity index (χ1) is 17.7. The second kappa shape index (κ2) is 12.6. The molecule has 1 amide bonds. The predicted molar refractivity (Wildman–Crippen MR) is 141 cm³/mol. The van der Waals surface area contributed by atoms with Gasteiger partial charge in [0.15, 0.2) is 0 Å². The molecule has 2 aliphatic heterocycles. The van der Waals surface area contributed by atoms with Crippen LogP contribution in [0.4, 0.5) is 14.5 Å². The SMILES string of the molecule is CNC(=O)c1cc(Cl)c(OCC(F)F)cc1N1CC(O)C(NC2CCN(Cc3ccc(Cl)cc3)CC2)C1. The zero-order valence-electron chi connectivity index (χ0n) is 20.6.